The number of carbonyl (C=O) groups excluding carboxylic acids is 4. The van der Waals surface area contributed by atoms with Crippen molar-refractivity contribution in [3.63, 3.8) is 0 Å². The lowest BCUT2D eigenvalue weighted by molar-refractivity contribution is -0.162. The van der Waals surface area contributed by atoms with E-state index in [4.69, 9.17) is 16.3 Å². The van der Waals surface area contributed by atoms with Crippen LogP contribution in [0.2, 0.25) is 5.02 Å². The van der Waals surface area contributed by atoms with Crippen LogP contribution in [0.1, 0.15) is 20.3 Å². The zero-order valence-corrected chi connectivity index (χ0v) is 17.5. The lowest BCUT2D eigenvalue weighted by Gasteiger charge is -2.28. The lowest BCUT2D eigenvalue weighted by Crippen LogP contribution is -2.50. The first-order valence-corrected chi connectivity index (χ1v) is 10.4. The molecule has 1 aromatic rings. The van der Waals surface area contributed by atoms with Gasteiger partial charge in [-0.15, -0.1) is 0 Å². The number of hydrogen-bond donors (Lipinski definition) is 1. The molecule has 8 heteroatoms. The second-order valence-electron chi connectivity index (χ2n) is 8.40. The largest absolute Gasteiger partial charge is 0.454 e. The van der Waals surface area contributed by atoms with Gasteiger partial charge in [0, 0.05) is 10.7 Å². The molecule has 0 radical (unpaired) electrons. The second-order valence-corrected chi connectivity index (χ2v) is 8.84. The fraction of sp³-hybridized carbons (Fsp3) is 0.455. The summed E-state index contributed by atoms with van der Waals surface area (Å²) in [5.41, 5.74) is 0.477. The van der Waals surface area contributed by atoms with Crippen LogP contribution in [-0.4, -0.2) is 41.2 Å². The van der Waals surface area contributed by atoms with Gasteiger partial charge in [0.25, 0.3) is 5.91 Å². The standard InChI is InChI=1S/C22H23ClN2O5/c1-11(2)19(22(29)30-10-16(26)24-15-5-3-4-14(23)9-15)25-20(27)17-12-6-7-13(8-12)18(17)21(25)28/h3-7,9,11-13,17-19H,8,10H2,1-2H3,(H,24,26)/t12-,13-,17-,18-,19+/m0/s1. The van der Waals surface area contributed by atoms with Crippen LogP contribution in [0.3, 0.4) is 0 Å². The highest BCUT2D eigenvalue weighted by atomic mass is 35.5. The number of anilines is 1. The van der Waals surface area contributed by atoms with E-state index in [1.807, 2.05) is 12.2 Å². The fourth-order valence-corrected chi connectivity index (χ4v) is 5.05. The maximum Gasteiger partial charge on any atom is 0.330 e. The van der Waals surface area contributed by atoms with Crippen LogP contribution in [0.4, 0.5) is 5.69 Å². The van der Waals surface area contributed by atoms with Gasteiger partial charge in [0.05, 0.1) is 11.8 Å². The predicted octanol–water partition coefficient (Wildman–Crippen LogP) is 2.65. The molecule has 0 unspecified atom stereocenters. The number of benzene rings is 1. The Morgan fingerprint density at radius 1 is 1.17 bits per heavy atom. The quantitative estimate of drug-likeness (QED) is 0.425. The van der Waals surface area contributed by atoms with Crippen molar-refractivity contribution in [3.8, 4) is 0 Å². The predicted molar refractivity (Wildman–Crippen MR) is 109 cm³/mol. The van der Waals surface area contributed by atoms with E-state index in [2.05, 4.69) is 5.32 Å². The van der Waals surface area contributed by atoms with Gasteiger partial charge in [-0.1, -0.05) is 43.7 Å². The number of hydrogen-bond acceptors (Lipinski definition) is 5. The Hall–Kier alpha value is -2.67. The van der Waals surface area contributed by atoms with Gasteiger partial charge >= 0.3 is 5.97 Å². The van der Waals surface area contributed by atoms with E-state index in [0.29, 0.717) is 10.7 Å². The van der Waals surface area contributed by atoms with Crippen LogP contribution < -0.4 is 5.32 Å². The minimum absolute atomic E-state index is 0.0637. The molecule has 3 aliphatic rings. The molecular weight excluding hydrogens is 408 g/mol. The average molecular weight is 431 g/mol. The number of rotatable bonds is 6. The SMILES string of the molecule is CC(C)[C@H](C(=O)OCC(=O)Nc1cccc(Cl)c1)N1C(=O)[C@@H]2[C@@H](C1=O)[C@H]1C=C[C@H]2C1. The number of esters is 1. The first-order chi connectivity index (χ1) is 14.3. The number of imide groups is 1. The third-order valence-corrected chi connectivity index (χ3v) is 6.34. The van der Waals surface area contributed by atoms with Crippen LogP contribution in [0.15, 0.2) is 36.4 Å². The Kier molecular flexibility index (Phi) is 5.40. The van der Waals surface area contributed by atoms with E-state index in [-0.39, 0.29) is 41.4 Å². The van der Waals surface area contributed by atoms with Crippen molar-refractivity contribution in [3.05, 3.63) is 41.4 Å². The molecule has 30 heavy (non-hydrogen) atoms. The molecule has 158 valence electrons. The number of nitrogens with zero attached hydrogens (tertiary/aromatic N) is 1. The Morgan fingerprint density at radius 2 is 1.80 bits per heavy atom. The van der Waals surface area contributed by atoms with Crippen LogP contribution in [0.25, 0.3) is 0 Å². The normalized spacial score (nSPS) is 27.5. The molecule has 1 N–H and O–H groups in total. The van der Waals surface area contributed by atoms with E-state index >= 15 is 0 Å². The summed E-state index contributed by atoms with van der Waals surface area (Å²) in [6.07, 6.45) is 4.83. The number of amides is 3. The summed E-state index contributed by atoms with van der Waals surface area (Å²) >= 11 is 5.89. The fourth-order valence-electron chi connectivity index (χ4n) is 4.86. The van der Waals surface area contributed by atoms with Crippen molar-refractivity contribution in [1.82, 2.24) is 4.90 Å². The van der Waals surface area contributed by atoms with Crippen molar-refractivity contribution in [2.45, 2.75) is 26.3 Å². The third-order valence-electron chi connectivity index (χ3n) is 6.11. The van der Waals surface area contributed by atoms with Crippen molar-refractivity contribution < 1.29 is 23.9 Å². The van der Waals surface area contributed by atoms with Gasteiger partial charge in [0.1, 0.15) is 6.04 Å². The molecule has 2 aliphatic carbocycles. The van der Waals surface area contributed by atoms with Crippen molar-refractivity contribution >= 4 is 41.0 Å². The molecule has 3 amide bonds. The minimum atomic E-state index is -1.05. The van der Waals surface area contributed by atoms with E-state index in [1.165, 1.54) is 0 Å². The van der Waals surface area contributed by atoms with Gasteiger partial charge in [-0.3, -0.25) is 19.3 Å². The second kappa shape index (κ2) is 7.87. The van der Waals surface area contributed by atoms with E-state index in [9.17, 15) is 19.2 Å². The van der Waals surface area contributed by atoms with E-state index in [1.54, 1.807) is 38.1 Å². The Labute approximate surface area is 179 Å². The van der Waals surface area contributed by atoms with Gasteiger partial charge in [-0.25, -0.2) is 4.79 Å². The molecule has 1 saturated heterocycles. The number of ether oxygens (including phenoxy) is 1. The van der Waals surface area contributed by atoms with Crippen molar-refractivity contribution in [1.29, 1.82) is 0 Å². The highest BCUT2D eigenvalue weighted by molar-refractivity contribution is 6.30. The minimum Gasteiger partial charge on any atom is -0.454 e. The summed E-state index contributed by atoms with van der Waals surface area (Å²) in [7, 11) is 0. The highest BCUT2D eigenvalue weighted by Crippen LogP contribution is 2.53. The summed E-state index contributed by atoms with van der Waals surface area (Å²) in [5.74, 6) is -2.88. The molecule has 2 bridgehead atoms. The van der Waals surface area contributed by atoms with Crippen LogP contribution in [0.5, 0.6) is 0 Å². The first-order valence-electron chi connectivity index (χ1n) is 10.0. The number of likely N-dealkylation sites (tertiary alicyclic amines) is 1. The molecule has 0 spiro atoms. The van der Waals surface area contributed by atoms with Gasteiger partial charge in [0.15, 0.2) is 6.61 Å². The van der Waals surface area contributed by atoms with Gasteiger partial charge < -0.3 is 10.1 Å². The Bertz CT molecular complexity index is 913. The van der Waals surface area contributed by atoms with E-state index < -0.39 is 24.5 Å². The number of allylic oxidation sites excluding steroid dienone is 2. The molecule has 1 saturated carbocycles. The number of nitrogens with one attached hydrogen (secondary N) is 1. The van der Waals surface area contributed by atoms with Crippen molar-refractivity contribution in [2.24, 2.45) is 29.6 Å². The molecule has 1 aliphatic heterocycles. The summed E-state index contributed by atoms with van der Waals surface area (Å²) in [6.45, 7) is 2.98. The van der Waals surface area contributed by atoms with Crippen molar-refractivity contribution in [2.75, 3.05) is 11.9 Å². The zero-order valence-electron chi connectivity index (χ0n) is 16.7. The first kappa shape index (κ1) is 20.6. The molecule has 5 atom stereocenters. The maximum absolute atomic E-state index is 13.0. The molecule has 1 aromatic carbocycles. The Balaban J connectivity index is 1.42. The molecule has 7 nitrogen and oxygen atoms in total. The van der Waals surface area contributed by atoms with Gasteiger partial charge in [0.2, 0.25) is 11.8 Å². The van der Waals surface area contributed by atoms with Crippen LogP contribution in [-0.2, 0) is 23.9 Å². The molecule has 2 fully saturated rings. The van der Waals surface area contributed by atoms with E-state index in [0.717, 1.165) is 11.3 Å². The monoisotopic (exact) mass is 430 g/mol. The Morgan fingerprint density at radius 3 is 2.37 bits per heavy atom. The number of carbonyl (C=O) groups is 4. The zero-order chi connectivity index (χ0) is 21.6. The highest BCUT2D eigenvalue weighted by Gasteiger charge is 2.61. The maximum atomic E-state index is 13.0. The lowest BCUT2D eigenvalue weighted by atomic mass is 9.85. The summed E-state index contributed by atoms with van der Waals surface area (Å²) in [6, 6.07) is 5.54. The molecular formula is C22H23ClN2O5. The van der Waals surface area contributed by atoms with Gasteiger partial charge in [-0.05, 0) is 42.4 Å². The number of halogens is 1. The third kappa shape index (κ3) is 3.51. The summed E-state index contributed by atoms with van der Waals surface area (Å²) < 4.78 is 5.18. The summed E-state index contributed by atoms with van der Waals surface area (Å²) in [5, 5.41) is 3.05. The molecule has 0 aromatic heterocycles. The summed E-state index contributed by atoms with van der Waals surface area (Å²) in [4.78, 5) is 52.1. The van der Waals surface area contributed by atoms with Gasteiger partial charge in [-0.2, -0.15) is 0 Å². The van der Waals surface area contributed by atoms with Crippen LogP contribution >= 0.6 is 11.6 Å². The molecule has 1 heterocycles. The smallest absolute Gasteiger partial charge is 0.330 e. The topological polar surface area (TPSA) is 92.8 Å². The number of fused-ring (bicyclic) bond motifs is 5. The molecule has 4 rings (SSSR count). The average Bonchev–Trinajstić information content (AvgIpc) is 3.36. The van der Waals surface area contributed by atoms with Crippen LogP contribution in [0, 0.1) is 29.6 Å².